The van der Waals surface area contributed by atoms with Crippen LogP contribution in [-0.4, -0.2) is 12.2 Å². The van der Waals surface area contributed by atoms with Gasteiger partial charge in [-0.3, -0.25) is 0 Å². The van der Waals surface area contributed by atoms with Crippen LogP contribution >= 0.6 is 0 Å². The Morgan fingerprint density at radius 1 is 1.11 bits per heavy atom. The largest absolute Gasteiger partial charge is 0.506 e. The molecule has 0 radical (unpaired) electrons. The number of hydrogen-bond acceptors (Lipinski definition) is 3. The number of nitrogens with two attached hydrogens (primary N) is 1. The van der Waals surface area contributed by atoms with Crippen LogP contribution in [0.4, 0.5) is 11.4 Å². The molecule has 0 spiro atoms. The number of aromatic hydroxyl groups is 1. The molecule has 0 fully saturated rings. The van der Waals surface area contributed by atoms with Crippen molar-refractivity contribution in [1.29, 1.82) is 0 Å². The van der Waals surface area contributed by atoms with Crippen LogP contribution < -0.4 is 11.1 Å². The molecule has 2 aromatic rings. The predicted molar refractivity (Wildman–Crippen MR) is 76.0 cm³/mol. The van der Waals surface area contributed by atoms with Gasteiger partial charge in [-0.2, -0.15) is 0 Å². The first-order chi connectivity index (χ1) is 8.61. The van der Waals surface area contributed by atoms with Crippen LogP contribution in [0.25, 0.3) is 0 Å². The summed E-state index contributed by atoms with van der Waals surface area (Å²) in [4.78, 5) is 0. The molecule has 0 aliphatic rings. The topological polar surface area (TPSA) is 58.3 Å². The highest BCUT2D eigenvalue weighted by Gasteiger charge is 2.10. The Balaban J connectivity index is 2.36. The Labute approximate surface area is 107 Å². The van der Waals surface area contributed by atoms with Gasteiger partial charge in [-0.15, -0.1) is 0 Å². The van der Waals surface area contributed by atoms with Gasteiger partial charge in [0, 0.05) is 18.7 Å². The minimum Gasteiger partial charge on any atom is -0.506 e. The Kier molecular flexibility index (Phi) is 3.42. The third-order valence-corrected chi connectivity index (χ3v) is 3.20. The standard InChI is InChI=1S/C15H18N2O/c1-10(11-4-3-5-13(16)8-11)12-6-7-15(18)14(9-12)17-2/h3-10,17-18H,16H2,1-2H3. The van der Waals surface area contributed by atoms with E-state index in [1.165, 1.54) is 5.56 Å². The summed E-state index contributed by atoms with van der Waals surface area (Å²) >= 11 is 0. The molecule has 0 amide bonds. The van der Waals surface area contributed by atoms with E-state index in [4.69, 9.17) is 5.73 Å². The minimum absolute atomic E-state index is 0.237. The number of hydrogen-bond donors (Lipinski definition) is 3. The van der Waals surface area contributed by atoms with E-state index in [0.29, 0.717) is 0 Å². The Hall–Kier alpha value is -2.16. The van der Waals surface area contributed by atoms with Gasteiger partial charge in [-0.1, -0.05) is 25.1 Å². The predicted octanol–water partition coefficient (Wildman–Crippen LogP) is 3.17. The second-order valence-electron chi connectivity index (χ2n) is 4.42. The van der Waals surface area contributed by atoms with Crippen molar-refractivity contribution >= 4 is 11.4 Å². The van der Waals surface area contributed by atoms with Crippen molar-refractivity contribution in [3.8, 4) is 5.75 Å². The number of anilines is 2. The lowest BCUT2D eigenvalue weighted by atomic mass is 9.92. The van der Waals surface area contributed by atoms with Crippen LogP contribution in [0.15, 0.2) is 42.5 Å². The Morgan fingerprint density at radius 2 is 1.83 bits per heavy atom. The van der Waals surface area contributed by atoms with Crippen LogP contribution in [0.2, 0.25) is 0 Å². The Morgan fingerprint density at radius 3 is 2.50 bits per heavy atom. The summed E-state index contributed by atoms with van der Waals surface area (Å²) in [5, 5.41) is 12.6. The number of benzene rings is 2. The molecule has 18 heavy (non-hydrogen) atoms. The summed E-state index contributed by atoms with van der Waals surface area (Å²) < 4.78 is 0. The van der Waals surface area contributed by atoms with Crippen LogP contribution in [0.5, 0.6) is 5.75 Å². The quantitative estimate of drug-likeness (QED) is 0.572. The number of nitrogens with one attached hydrogen (secondary N) is 1. The van der Waals surface area contributed by atoms with Gasteiger partial charge in [0.25, 0.3) is 0 Å². The first-order valence-electron chi connectivity index (χ1n) is 5.98. The van der Waals surface area contributed by atoms with Crippen LogP contribution in [-0.2, 0) is 0 Å². The lowest BCUT2D eigenvalue weighted by Gasteiger charge is -2.15. The van der Waals surface area contributed by atoms with E-state index in [1.54, 1.807) is 13.1 Å². The third kappa shape index (κ3) is 2.40. The van der Waals surface area contributed by atoms with Gasteiger partial charge in [-0.25, -0.2) is 0 Å². The van der Waals surface area contributed by atoms with Crippen molar-refractivity contribution in [2.75, 3.05) is 18.1 Å². The summed E-state index contributed by atoms with van der Waals surface area (Å²) in [5.41, 5.74) is 9.62. The average molecular weight is 242 g/mol. The molecule has 0 saturated heterocycles. The number of phenolic OH excluding ortho intramolecular Hbond substituents is 1. The second kappa shape index (κ2) is 5.00. The maximum atomic E-state index is 9.65. The molecule has 1 atom stereocenters. The number of phenols is 1. The molecule has 3 heteroatoms. The number of nitrogen functional groups attached to an aromatic ring is 1. The van der Waals surface area contributed by atoms with Gasteiger partial charge in [0.05, 0.1) is 5.69 Å². The molecule has 1 unspecified atom stereocenters. The molecule has 0 bridgehead atoms. The normalized spacial score (nSPS) is 12.1. The molecule has 4 N–H and O–H groups in total. The molecule has 2 aromatic carbocycles. The molecule has 2 rings (SSSR count). The average Bonchev–Trinajstić information content (AvgIpc) is 2.38. The molecule has 0 saturated carbocycles. The van der Waals surface area contributed by atoms with E-state index in [9.17, 15) is 5.11 Å². The van der Waals surface area contributed by atoms with Gasteiger partial charge >= 0.3 is 0 Å². The molecule has 0 aromatic heterocycles. The van der Waals surface area contributed by atoms with Crippen molar-refractivity contribution in [1.82, 2.24) is 0 Å². The van der Waals surface area contributed by atoms with Crippen molar-refractivity contribution in [3.05, 3.63) is 53.6 Å². The maximum Gasteiger partial charge on any atom is 0.138 e. The molecule has 0 heterocycles. The first-order valence-corrected chi connectivity index (χ1v) is 5.98. The second-order valence-corrected chi connectivity index (χ2v) is 4.42. The fourth-order valence-corrected chi connectivity index (χ4v) is 2.04. The monoisotopic (exact) mass is 242 g/mol. The van der Waals surface area contributed by atoms with Crippen LogP contribution in [0.1, 0.15) is 24.0 Å². The lowest BCUT2D eigenvalue weighted by molar-refractivity contribution is 0.477. The van der Waals surface area contributed by atoms with Gasteiger partial charge in [0.2, 0.25) is 0 Å². The van der Waals surface area contributed by atoms with Crippen LogP contribution in [0, 0.1) is 0 Å². The highest BCUT2D eigenvalue weighted by Crippen LogP contribution is 2.31. The molecular weight excluding hydrogens is 224 g/mol. The lowest BCUT2D eigenvalue weighted by Crippen LogP contribution is -1.99. The summed E-state index contributed by atoms with van der Waals surface area (Å²) in [7, 11) is 1.80. The van der Waals surface area contributed by atoms with Gasteiger partial charge in [0.1, 0.15) is 5.75 Å². The molecule has 94 valence electrons. The van der Waals surface area contributed by atoms with Crippen molar-refractivity contribution in [2.24, 2.45) is 0 Å². The molecule has 3 nitrogen and oxygen atoms in total. The van der Waals surface area contributed by atoms with E-state index in [1.807, 2.05) is 30.3 Å². The van der Waals surface area contributed by atoms with E-state index < -0.39 is 0 Å². The summed E-state index contributed by atoms with van der Waals surface area (Å²) in [5.74, 6) is 0.502. The summed E-state index contributed by atoms with van der Waals surface area (Å²) in [6.45, 7) is 2.13. The van der Waals surface area contributed by atoms with E-state index in [2.05, 4.69) is 18.3 Å². The maximum absolute atomic E-state index is 9.65. The Bertz CT molecular complexity index is 552. The van der Waals surface area contributed by atoms with Gasteiger partial charge < -0.3 is 16.2 Å². The number of rotatable bonds is 3. The summed E-state index contributed by atoms with van der Waals surface area (Å²) in [6.07, 6.45) is 0. The third-order valence-electron chi connectivity index (χ3n) is 3.20. The first kappa shape index (κ1) is 12.3. The zero-order valence-electron chi connectivity index (χ0n) is 10.6. The fraction of sp³-hybridized carbons (Fsp3) is 0.200. The van der Waals surface area contributed by atoms with E-state index >= 15 is 0 Å². The van der Waals surface area contributed by atoms with Crippen molar-refractivity contribution < 1.29 is 5.11 Å². The van der Waals surface area contributed by atoms with Gasteiger partial charge in [-0.05, 0) is 35.4 Å². The van der Waals surface area contributed by atoms with E-state index in [0.717, 1.165) is 16.9 Å². The molecule has 0 aliphatic carbocycles. The van der Waals surface area contributed by atoms with Gasteiger partial charge in [0.15, 0.2) is 0 Å². The zero-order chi connectivity index (χ0) is 13.1. The molecular formula is C15H18N2O. The smallest absolute Gasteiger partial charge is 0.138 e. The minimum atomic E-state index is 0.237. The highest BCUT2D eigenvalue weighted by molar-refractivity contribution is 5.58. The van der Waals surface area contributed by atoms with Crippen molar-refractivity contribution in [3.63, 3.8) is 0 Å². The zero-order valence-corrected chi connectivity index (χ0v) is 10.6. The fourth-order valence-electron chi connectivity index (χ4n) is 2.04. The molecule has 0 aliphatic heterocycles. The van der Waals surface area contributed by atoms with Crippen LogP contribution in [0.3, 0.4) is 0 Å². The highest BCUT2D eigenvalue weighted by atomic mass is 16.3. The SMILES string of the molecule is CNc1cc(C(C)c2cccc(N)c2)ccc1O. The van der Waals surface area contributed by atoms with Crippen molar-refractivity contribution in [2.45, 2.75) is 12.8 Å². The summed E-state index contributed by atoms with van der Waals surface area (Å²) in [6, 6.07) is 13.5. The van der Waals surface area contributed by atoms with E-state index in [-0.39, 0.29) is 11.7 Å².